The first kappa shape index (κ1) is 21.1. The maximum absolute atomic E-state index is 14.5. The number of halogens is 1. The average molecular weight is 401 g/mol. The fraction of sp³-hybridized carbons (Fsp3) is 0.545. The highest BCUT2D eigenvalue weighted by atomic mass is 19.1. The van der Waals surface area contributed by atoms with Gasteiger partial charge in [0.25, 0.3) is 0 Å². The van der Waals surface area contributed by atoms with Crippen LogP contribution in [0.2, 0.25) is 0 Å². The van der Waals surface area contributed by atoms with Crippen molar-refractivity contribution in [1.29, 1.82) is 0 Å². The molecule has 0 saturated carbocycles. The molecule has 2 heterocycles. The lowest BCUT2D eigenvalue weighted by molar-refractivity contribution is 0.459. The number of guanidine groups is 1. The first-order chi connectivity index (χ1) is 14.0. The zero-order valence-electron chi connectivity index (χ0n) is 18.0. The Morgan fingerprint density at radius 1 is 1.31 bits per heavy atom. The molecule has 0 aliphatic carbocycles. The second kappa shape index (κ2) is 9.76. The van der Waals surface area contributed by atoms with Gasteiger partial charge in [0.05, 0.1) is 11.9 Å². The summed E-state index contributed by atoms with van der Waals surface area (Å²) in [6.07, 6.45) is 6.22. The van der Waals surface area contributed by atoms with Crippen LogP contribution in [0.3, 0.4) is 0 Å². The van der Waals surface area contributed by atoms with Crippen molar-refractivity contribution < 1.29 is 4.39 Å². The van der Waals surface area contributed by atoms with Crippen molar-refractivity contribution in [1.82, 2.24) is 20.0 Å². The number of aliphatic imine (C=N–C) groups is 1. The van der Waals surface area contributed by atoms with E-state index in [9.17, 15) is 4.39 Å². The molecule has 3 rings (SSSR count). The topological polar surface area (TPSA) is 48.7 Å². The van der Waals surface area contributed by atoms with Crippen LogP contribution in [-0.4, -0.2) is 53.9 Å². The molecular weight excluding hydrogens is 367 g/mol. The van der Waals surface area contributed by atoms with Gasteiger partial charge in [-0.2, -0.15) is 5.10 Å². The van der Waals surface area contributed by atoms with Crippen molar-refractivity contribution in [3.05, 3.63) is 47.5 Å². The summed E-state index contributed by atoms with van der Waals surface area (Å²) in [6, 6.07) is 5.50. The van der Waals surface area contributed by atoms with Gasteiger partial charge < -0.3 is 15.1 Å². The van der Waals surface area contributed by atoms with Crippen LogP contribution in [0.1, 0.15) is 31.4 Å². The zero-order valence-corrected chi connectivity index (χ0v) is 18.0. The van der Waals surface area contributed by atoms with Gasteiger partial charge in [-0.05, 0) is 55.9 Å². The molecule has 1 atom stereocenters. The average Bonchev–Trinajstić information content (AvgIpc) is 3.34. The van der Waals surface area contributed by atoms with E-state index in [1.54, 1.807) is 13.1 Å². The molecule has 0 amide bonds. The van der Waals surface area contributed by atoms with E-state index in [0.717, 1.165) is 50.5 Å². The lowest BCUT2D eigenvalue weighted by Crippen LogP contribution is -2.39. The third kappa shape index (κ3) is 5.28. The standard InChI is InChI=1S/C22H33FN6/c1-5-28(6-2)21-8-7-17(12-20(21)23)13-25-22(24-3)29-10-9-18(16-29)11-19-14-26-27(4)15-19/h7-8,12,14-15,18H,5-6,9-11,13,16H2,1-4H3,(H,24,25). The first-order valence-electron chi connectivity index (χ1n) is 10.5. The maximum Gasteiger partial charge on any atom is 0.193 e. The minimum absolute atomic E-state index is 0.166. The van der Waals surface area contributed by atoms with Crippen molar-refractivity contribution in [2.24, 2.45) is 18.0 Å². The molecule has 1 fully saturated rings. The molecule has 1 saturated heterocycles. The number of nitrogens with one attached hydrogen (secondary N) is 1. The number of hydrogen-bond acceptors (Lipinski definition) is 3. The maximum atomic E-state index is 14.5. The van der Waals surface area contributed by atoms with E-state index < -0.39 is 0 Å². The normalized spacial score (nSPS) is 17.1. The molecule has 1 aromatic heterocycles. The molecule has 0 bridgehead atoms. The molecule has 7 heteroatoms. The van der Waals surface area contributed by atoms with Crippen molar-refractivity contribution >= 4 is 11.6 Å². The molecule has 0 spiro atoms. The second-order valence-corrected chi connectivity index (χ2v) is 7.69. The Morgan fingerprint density at radius 3 is 2.72 bits per heavy atom. The van der Waals surface area contributed by atoms with Crippen LogP contribution in [0, 0.1) is 11.7 Å². The van der Waals surface area contributed by atoms with Crippen LogP contribution in [0.25, 0.3) is 0 Å². The Balaban J connectivity index is 1.55. The van der Waals surface area contributed by atoms with Gasteiger partial charge in [-0.1, -0.05) is 6.07 Å². The van der Waals surface area contributed by atoms with Gasteiger partial charge in [0, 0.05) is 53.0 Å². The summed E-state index contributed by atoms with van der Waals surface area (Å²) in [4.78, 5) is 8.76. The summed E-state index contributed by atoms with van der Waals surface area (Å²) in [5.41, 5.74) is 2.87. The molecule has 0 radical (unpaired) electrons. The van der Waals surface area contributed by atoms with E-state index in [4.69, 9.17) is 0 Å². The van der Waals surface area contributed by atoms with Gasteiger partial charge in [-0.3, -0.25) is 9.67 Å². The summed E-state index contributed by atoms with van der Waals surface area (Å²) in [5.74, 6) is 1.32. The second-order valence-electron chi connectivity index (χ2n) is 7.69. The number of benzene rings is 1. The van der Waals surface area contributed by atoms with Crippen LogP contribution < -0.4 is 10.2 Å². The lowest BCUT2D eigenvalue weighted by atomic mass is 10.0. The summed E-state index contributed by atoms with van der Waals surface area (Å²) >= 11 is 0. The fourth-order valence-electron chi connectivity index (χ4n) is 4.10. The molecule has 1 aliphatic rings. The molecule has 1 aliphatic heterocycles. The molecule has 2 aromatic rings. The van der Waals surface area contributed by atoms with E-state index in [1.807, 2.05) is 48.8 Å². The summed E-state index contributed by atoms with van der Waals surface area (Å²) in [5, 5.41) is 7.66. The SMILES string of the molecule is CCN(CC)c1ccc(CNC(=NC)N2CCC(Cc3cnn(C)c3)C2)cc1F. The van der Waals surface area contributed by atoms with E-state index in [1.165, 1.54) is 5.56 Å². The van der Waals surface area contributed by atoms with Gasteiger partial charge in [0.2, 0.25) is 0 Å². The van der Waals surface area contributed by atoms with E-state index in [-0.39, 0.29) is 5.82 Å². The Morgan fingerprint density at radius 2 is 2.10 bits per heavy atom. The minimum Gasteiger partial charge on any atom is -0.370 e. The van der Waals surface area contributed by atoms with E-state index in [2.05, 4.69) is 26.5 Å². The number of nitrogens with zero attached hydrogens (tertiary/aromatic N) is 5. The Hall–Kier alpha value is -2.57. The molecule has 158 valence electrons. The zero-order chi connectivity index (χ0) is 20.8. The number of hydrogen-bond donors (Lipinski definition) is 1. The van der Waals surface area contributed by atoms with Crippen LogP contribution in [0.4, 0.5) is 10.1 Å². The van der Waals surface area contributed by atoms with Crippen molar-refractivity contribution in [2.45, 2.75) is 33.2 Å². The Bertz CT molecular complexity index is 826. The van der Waals surface area contributed by atoms with Crippen LogP contribution >= 0.6 is 0 Å². The number of aromatic nitrogens is 2. The highest BCUT2D eigenvalue weighted by Gasteiger charge is 2.25. The highest BCUT2D eigenvalue weighted by Crippen LogP contribution is 2.22. The molecule has 1 aromatic carbocycles. The number of aryl methyl sites for hydroxylation is 1. The summed E-state index contributed by atoms with van der Waals surface area (Å²) in [6.45, 7) is 8.20. The number of rotatable bonds is 7. The predicted octanol–water partition coefficient (Wildman–Crippen LogP) is 3.05. The molecule has 1 unspecified atom stereocenters. The Labute approximate surface area is 173 Å². The van der Waals surface area contributed by atoms with Gasteiger partial charge in [-0.25, -0.2) is 4.39 Å². The largest absolute Gasteiger partial charge is 0.370 e. The van der Waals surface area contributed by atoms with Crippen LogP contribution in [0.15, 0.2) is 35.6 Å². The molecular formula is C22H33FN6. The van der Waals surface area contributed by atoms with Crippen molar-refractivity contribution in [3.63, 3.8) is 0 Å². The van der Waals surface area contributed by atoms with Gasteiger partial charge in [0.15, 0.2) is 5.96 Å². The predicted molar refractivity (Wildman–Crippen MR) is 117 cm³/mol. The monoisotopic (exact) mass is 400 g/mol. The van der Waals surface area contributed by atoms with E-state index >= 15 is 0 Å². The smallest absolute Gasteiger partial charge is 0.193 e. The van der Waals surface area contributed by atoms with Crippen molar-refractivity contribution in [2.75, 3.05) is 38.1 Å². The van der Waals surface area contributed by atoms with Gasteiger partial charge in [-0.15, -0.1) is 0 Å². The molecule has 6 nitrogen and oxygen atoms in total. The van der Waals surface area contributed by atoms with Crippen LogP contribution in [-0.2, 0) is 20.0 Å². The van der Waals surface area contributed by atoms with Gasteiger partial charge >= 0.3 is 0 Å². The van der Waals surface area contributed by atoms with E-state index in [0.29, 0.717) is 18.2 Å². The highest BCUT2D eigenvalue weighted by molar-refractivity contribution is 5.80. The molecule has 29 heavy (non-hydrogen) atoms. The summed E-state index contributed by atoms with van der Waals surface area (Å²) < 4.78 is 16.4. The van der Waals surface area contributed by atoms with Gasteiger partial charge in [0.1, 0.15) is 5.82 Å². The van der Waals surface area contributed by atoms with Crippen molar-refractivity contribution in [3.8, 4) is 0 Å². The Kier molecular flexibility index (Phi) is 7.12. The minimum atomic E-state index is -0.166. The number of likely N-dealkylation sites (tertiary alicyclic amines) is 1. The fourth-order valence-corrected chi connectivity index (χ4v) is 4.10. The summed E-state index contributed by atoms with van der Waals surface area (Å²) in [7, 11) is 3.76. The molecule has 1 N–H and O–H groups in total. The van der Waals surface area contributed by atoms with Crippen LogP contribution in [0.5, 0.6) is 0 Å². The lowest BCUT2D eigenvalue weighted by Gasteiger charge is -2.23. The third-order valence-corrected chi connectivity index (χ3v) is 5.65. The first-order valence-corrected chi connectivity index (χ1v) is 10.5. The third-order valence-electron chi connectivity index (χ3n) is 5.65. The quantitative estimate of drug-likeness (QED) is 0.573. The number of anilines is 1.